The van der Waals surface area contributed by atoms with Crippen LogP contribution in [0.2, 0.25) is 0 Å². The number of hydrogen-bond acceptors (Lipinski definition) is 5. The van der Waals surface area contributed by atoms with Gasteiger partial charge in [0.05, 0.1) is 12.9 Å². The number of aryl methyl sites for hydroxylation is 2. The maximum absolute atomic E-state index is 12.7. The van der Waals surface area contributed by atoms with Gasteiger partial charge in [0, 0.05) is 48.0 Å². The van der Waals surface area contributed by atoms with E-state index in [2.05, 4.69) is 68.3 Å². The van der Waals surface area contributed by atoms with Gasteiger partial charge in [-0.1, -0.05) is 64.8 Å². The van der Waals surface area contributed by atoms with Gasteiger partial charge in [-0.05, 0) is 83.6 Å². The molecule has 0 unspecified atom stereocenters. The first-order valence-corrected chi connectivity index (χ1v) is 16.6. The van der Waals surface area contributed by atoms with Crippen LogP contribution in [-0.4, -0.2) is 35.3 Å². The molecule has 0 aliphatic rings. The van der Waals surface area contributed by atoms with Crippen molar-refractivity contribution in [2.45, 2.75) is 64.0 Å². The van der Waals surface area contributed by atoms with Crippen molar-refractivity contribution < 1.29 is 14.3 Å². The topological polar surface area (TPSA) is 65.4 Å². The molecular weight excluding hydrogens is 566 g/mol. The number of anilines is 1. The van der Waals surface area contributed by atoms with Gasteiger partial charge in [0.1, 0.15) is 12.4 Å². The Labute approximate surface area is 267 Å². The minimum absolute atomic E-state index is 0.159. The van der Waals surface area contributed by atoms with Crippen LogP contribution in [0.15, 0.2) is 90.2 Å². The maximum Gasteiger partial charge on any atom is 0.248 e. The molecule has 0 saturated heterocycles. The minimum Gasteiger partial charge on any atom is -0.491 e. The molecule has 6 nitrogen and oxygen atoms in total. The number of carbonyl (C=O) groups is 1. The third-order valence-corrected chi connectivity index (χ3v) is 7.74. The number of aromatic nitrogens is 2. The van der Waals surface area contributed by atoms with Crippen molar-refractivity contribution in [1.29, 1.82) is 0 Å². The Morgan fingerprint density at radius 1 is 0.932 bits per heavy atom. The molecule has 1 aromatic heterocycles. The van der Waals surface area contributed by atoms with Crippen LogP contribution in [0.3, 0.4) is 0 Å². The highest BCUT2D eigenvalue weighted by atomic mass is 32.2. The van der Waals surface area contributed by atoms with Crippen LogP contribution in [-0.2, 0) is 28.8 Å². The number of thioether (sulfide) groups is 1. The average molecular weight is 614 g/mol. The molecule has 0 aliphatic heterocycles. The van der Waals surface area contributed by atoms with Crippen molar-refractivity contribution in [3.8, 4) is 16.9 Å². The lowest BCUT2D eigenvalue weighted by atomic mass is 9.97. The number of nitrogens with one attached hydrogen (secondary N) is 1. The molecule has 7 heteroatoms. The molecule has 4 rings (SSSR count). The number of hydrogen-bond donors (Lipinski definition) is 1. The van der Waals surface area contributed by atoms with E-state index in [1.54, 1.807) is 17.8 Å². The van der Waals surface area contributed by atoms with Gasteiger partial charge in [-0.3, -0.25) is 4.79 Å². The summed E-state index contributed by atoms with van der Waals surface area (Å²) in [4.78, 5) is 18.0. The first kappa shape index (κ1) is 34.7. The van der Waals surface area contributed by atoms with E-state index in [1.807, 2.05) is 66.6 Å². The molecule has 44 heavy (non-hydrogen) atoms. The Kier molecular flexibility index (Phi) is 15.3. The molecule has 234 valence electrons. The van der Waals surface area contributed by atoms with Crippen LogP contribution in [0.1, 0.15) is 63.8 Å². The zero-order valence-electron chi connectivity index (χ0n) is 26.8. The second-order valence-corrected chi connectivity index (χ2v) is 11.5. The van der Waals surface area contributed by atoms with E-state index in [0.717, 1.165) is 70.3 Å². The van der Waals surface area contributed by atoms with Crippen LogP contribution in [0.25, 0.3) is 17.2 Å². The molecule has 0 radical (unpaired) electrons. The molecule has 0 aliphatic carbocycles. The SMILES string of the molecule is CCC.CCCCOCCOc1ccc(-c2ccc(CC)c(/C=C/C(=O)Nc3ccc(SCc4cncn4C)cc3)c2)cc1. The van der Waals surface area contributed by atoms with E-state index in [9.17, 15) is 4.79 Å². The summed E-state index contributed by atoms with van der Waals surface area (Å²) in [5.41, 5.74) is 6.35. The number of nitrogens with zero attached hydrogens (tertiary/aromatic N) is 2. The van der Waals surface area contributed by atoms with E-state index in [0.29, 0.717) is 13.2 Å². The fourth-order valence-electron chi connectivity index (χ4n) is 4.23. The van der Waals surface area contributed by atoms with E-state index in [-0.39, 0.29) is 5.91 Å². The van der Waals surface area contributed by atoms with E-state index in [4.69, 9.17) is 9.47 Å². The molecule has 1 N–H and O–H groups in total. The van der Waals surface area contributed by atoms with Gasteiger partial charge in [0.25, 0.3) is 0 Å². The number of unbranched alkanes of at least 4 members (excludes halogenated alkanes) is 1. The summed E-state index contributed by atoms with van der Waals surface area (Å²) in [5.74, 6) is 1.51. The van der Waals surface area contributed by atoms with Crippen LogP contribution in [0.5, 0.6) is 5.75 Å². The minimum atomic E-state index is -0.159. The van der Waals surface area contributed by atoms with Crippen LogP contribution >= 0.6 is 11.8 Å². The van der Waals surface area contributed by atoms with Crippen molar-refractivity contribution in [3.05, 3.63) is 102 Å². The number of rotatable bonds is 15. The molecule has 3 aromatic carbocycles. The van der Waals surface area contributed by atoms with E-state index >= 15 is 0 Å². The highest BCUT2D eigenvalue weighted by Gasteiger charge is 2.06. The van der Waals surface area contributed by atoms with Crippen LogP contribution < -0.4 is 10.1 Å². The molecule has 0 saturated carbocycles. The lowest BCUT2D eigenvalue weighted by Crippen LogP contribution is -2.07. The maximum atomic E-state index is 12.7. The fourth-order valence-corrected chi connectivity index (χ4v) is 5.15. The van der Waals surface area contributed by atoms with E-state index < -0.39 is 0 Å². The predicted octanol–water partition coefficient (Wildman–Crippen LogP) is 9.21. The standard InChI is InChI=1S/C34H39N3O3S.C3H8/c1-4-6-19-39-20-21-40-32-14-9-27(10-15-32)29-8-7-26(5-2)28(22-29)11-18-34(38)36-30-12-16-33(17-13-30)41-24-31-23-35-25-37(31)3;1-3-2/h7-18,22-23,25H,4-6,19-21,24H2,1-3H3,(H,36,38);3H2,1-2H3/b18-11+;. The van der Waals surface area contributed by atoms with Crippen molar-refractivity contribution in [2.75, 3.05) is 25.1 Å². The quantitative estimate of drug-likeness (QED) is 0.0823. The summed E-state index contributed by atoms with van der Waals surface area (Å²) in [6, 6.07) is 22.4. The first-order chi connectivity index (χ1) is 21.5. The number of carbonyl (C=O) groups excluding carboxylic acids is 1. The van der Waals surface area contributed by atoms with Gasteiger partial charge < -0.3 is 19.4 Å². The van der Waals surface area contributed by atoms with Crippen LogP contribution in [0.4, 0.5) is 5.69 Å². The Balaban J connectivity index is 0.00000169. The van der Waals surface area contributed by atoms with Crippen molar-refractivity contribution in [1.82, 2.24) is 9.55 Å². The molecule has 0 spiro atoms. The highest BCUT2D eigenvalue weighted by Crippen LogP contribution is 2.27. The van der Waals surface area contributed by atoms with Crippen molar-refractivity contribution in [2.24, 2.45) is 7.05 Å². The van der Waals surface area contributed by atoms with Gasteiger partial charge in [-0.2, -0.15) is 0 Å². The Hall–Kier alpha value is -3.81. The Bertz CT molecular complexity index is 1430. The summed E-state index contributed by atoms with van der Waals surface area (Å²) >= 11 is 1.74. The molecular formula is C37H47N3O3S. The molecule has 0 bridgehead atoms. The Morgan fingerprint density at radius 3 is 2.32 bits per heavy atom. The fraction of sp³-hybridized carbons (Fsp3) is 0.351. The van der Waals surface area contributed by atoms with E-state index in [1.165, 1.54) is 12.0 Å². The second-order valence-electron chi connectivity index (χ2n) is 10.4. The van der Waals surface area contributed by atoms with Crippen LogP contribution in [0, 0.1) is 0 Å². The van der Waals surface area contributed by atoms with Gasteiger partial charge in [0.15, 0.2) is 0 Å². The lowest BCUT2D eigenvalue weighted by molar-refractivity contribution is -0.111. The molecule has 4 aromatic rings. The monoisotopic (exact) mass is 613 g/mol. The third-order valence-electron chi connectivity index (χ3n) is 6.69. The summed E-state index contributed by atoms with van der Waals surface area (Å²) in [7, 11) is 2.00. The molecule has 0 fully saturated rings. The van der Waals surface area contributed by atoms with Gasteiger partial charge >= 0.3 is 0 Å². The highest BCUT2D eigenvalue weighted by molar-refractivity contribution is 7.98. The zero-order valence-corrected chi connectivity index (χ0v) is 27.7. The van der Waals surface area contributed by atoms with Crippen molar-refractivity contribution in [3.63, 3.8) is 0 Å². The summed E-state index contributed by atoms with van der Waals surface area (Å²) in [5, 5.41) is 2.97. The zero-order chi connectivity index (χ0) is 31.6. The number of benzene rings is 3. The number of imidazole rings is 1. The predicted molar refractivity (Wildman–Crippen MR) is 185 cm³/mol. The largest absolute Gasteiger partial charge is 0.491 e. The third kappa shape index (κ3) is 11.7. The smallest absolute Gasteiger partial charge is 0.248 e. The van der Waals surface area contributed by atoms with Gasteiger partial charge in [0.2, 0.25) is 5.91 Å². The molecule has 0 atom stereocenters. The van der Waals surface area contributed by atoms with Gasteiger partial charge in [-0.15, -0.1) is 11.8 Å². The summed E-state index contributed by atoms with van der Waals surface area (Å²) in [6.07, 6.45) is 11.5. The number of amides is 1. The van der Waals surface area contributed by atoms with Gasteiger partial charge in [-0.25, -0.2) is 4.98 Å². The lowest BCUT2D eigenvalue weighted by Gasteiger charge is -2.10. The summed E-state index contributed by atoms with van der Waals surface area (Å²) in [6.45, 7) is 10.4. The molecule has 1 heterocycles. The number of ether oxygens (including phenoxy) is 2. The average Bonchev–Trinajstić information content (AvgIpc) is 3.46. The van der Waals surface area contributed by atoms with Crippen molar-refractivity contribution >= 4 is 29.4 Å². The normalized spacial score (nSPS) is 10.8. The first-order valence-electron chi connectivity index (χ1n) is 15.6. The summed E-state index contributed by atoms with van der Waals surface area (Å²) < 4.78 is 13.4. The molecule has 1 amide bonds. The second kappa shape index (κ2) is 19.5. The Morgan fingerprint density at radius 2 is 1.66 bits per heavy atom.